The van der Waals surface area contributed by atoms with Crippen molar-refractivity contribution in [3.8, 4) is 11.1 Å². The van der Waals surface area contributed by atoms with Crippen molar-refractivity contribution in [3.05, 3.63) is 53.8 Å². The Balaban J connectivity index is 1.45. The fourth-order valence-corrected chi connectivity index (χ4v) is 5.25. The summed E-state index contributed by atoms with van der Waals surface area (Å²) in [6, 6.07) is 12.1. The van der Waals surface area contributed by atoms with Gasteiger partial charge in [-0.15, -0.1) is 0 Å². The second-order valence-corrected chi connectivity index (χ2v) is 10.5. The van der Waals surface area contributed by atoms with E-state index in [1.165, 1.54) is 6.07 Å². The van der Waals surface area contributed by atoms with Crippen LogP contribution in [0.25, 0.3) is 11.1 Å². The quantitative estimate of drug-likeness (QED) is 0.562. The van der Waals surface area contributed by atoms with Gasteiger partial charge in [0.15, 0.2) is 0 Å². The molecule has 2 aliphatic heterocycles. The summed E-state index contributed by atoms with van der Waals surface area (Å²) in [6.45, 7) is 6.13. The van der Waals surface area contributed by atoms with Gasteiger partial charge in [0, 0.05) is 38.4 Å². The number of imide groups is 1. The number of hydrogen-bond acceptors (Lipinski definition) is 5. The molecule has 194 valence electrons. The Bertz CT molecular complexity index is 1070. The first-order valence-electron chi connectivity index (χ1n) is 12.7. The Morgan fingerprint density at radius 3 is 2.42 bits per heavy atom. The third-order valence-corrected chi connectivity index (χ3v) is 7.14. The van der Waals surface area contributed by atoms with Crippen LogP contribution in [0.15, 0.2) is 42.5 Å². The van der Waals surface area contributed by atoms with E-state index in [4.69, 9.17) is 0 Å². The SMILES string of the molecule is CN(c1ccc(-c2cccc(F)c2C(=O)NC(=O)[C@@H]2CCCN2)cc1)C1CCN(CC(C)(C)F)CC1. The third kappa shape index (κ3) is 6.28. The van der Waals surface area contributed by atoms with Crippen molar-refractivity contribution in [2.75, 3.05) is 38.1 Å². The van der Waals surface area contributed by atoms with Crippen molar-refractivity contribution in [1.82, 2.24) is 15.5 Å². The first-order valence-corrected chi connectivity index (χ1v) is 12.7. The largest absolute Gasteiger partial charge is 0.372 e. The first-order chi connectivity index (χ1) is 17.1. The number of alkyl halides is 1. The van der Waals surface area contributed by atoms with E-state index in [0.717, 1.165) is 44.6 Å². The number of carbonyl (C=O) groups is 2. The highest BCUT2D eigenvalue weighted by molar-refractivity contribution is 6.09. The predicted molar refractivity (Wildman–Crippen MR) is 138 cm³/mol. The Hall–Kier alpha value is -2.84. The lowest BCUT2D eigenvalue weighted by Crippen LogP contribution is -2.46. The van der Waals surface area contributed by atoms with Crippen molar-refractivity contribution in [2.45, 2.75) is 57.3 Å². The van der Waals surface area contributed by atoms with Gasteiger partial charge in [-0.3, -0.25) is 14.9 Å². The van der Waals surface area contributed by atoms with Gasteiger partial charge in [-0.1, -0.05) is 24.3 Å². The van der Waals surface area contributed by atoms with Gasteiger partial charge >= 0.3 is 0 Å². The molecule has 0 bridgehead atoms. The van der Waals surface area contributed by atoms with Crippen LogP contribution in [0.2, 0.25) is 0 Å². The molecule has 2 saturated heterocycles. The molecule has 1 atom stereocenters. The molecular formula is C28H36F2N4O2. The van der Waals surface area contributed by atoms with E-state index in [1.807, 2.05) is 24.3 Å². The van der Waals surface area contributed by atoms with Crippen molar-refractivity contribution in [1.29, 1.82) is 0 Å². The minimum atomic E-state index is -1.19. The summed E-state index contributed by atoms with van der Waals surface area (Å²) in [6.07, 6.45) is 3.43. The first kappa shape index (κ1) is 26.2. The molecule has 0 unspecified atom stereocenters. The molecule has 0 spiro atoms. The van der Waals surface area contributed by atoms with Gasteiger partial charge in [0.2, 0.25) is 5.91 Å². The lowest BCUT2D eigenvalue weighted by Gasteiger charge is -2.39. The highest BCUT2D eigenvalue weighted by Crippen LogP contribution is 2.30. The molecule has 2 heterocycles. The zero-order chi connectivity index (χ0) is 25.9. The highest BCUT2D eigenvalue weighted by Gasteiger charge is 2.28. The summed E-state index contributed by atoms with van der Waals surface area (Å²) < 4.78 is 28.8. The summed E-state index contributed by atoms with van der Waals surface area (Å²) in [5.41, 5.74) is 0.836. The monoisotopic (exact) mass is 498 g/mol. The Morgan fingerprint density at radius 1 is 1.11 bits per heavy atom. The van der Waals surface area contributed by atoms with E-state index in [-0.39, 0.29) is 5.56 Å². The topological polar surface area (TPSA) is 64.7 Å². The van der Waals surface area contributed by atoms with Crippen LogP contribution in [-0.2, 0) is 4.79 Å². The molecule has 6 nitrogen and oxygen atoms in total. The van der Waals surface area contributed by atoms with E-state index in [2.05, 4.69) is 27.5 Å². The number of rotatable bonds is 7. The minimum absolute atomic E-state index is 0.131. The average molecular weight is 499 g/mol. The maximum absolute atomic E-state index is 14.8. The number of piperidine rings is 1. The minimum Gasteiger partial charge on any atom is -0.372 e. The Morgan fingerprint density at radius 2 is 1.81 bits per heavy atom. The zero-order valence-corrected chi connectivity index (χ0v) is 21.3. The Labute approximate surface area is 212 Å². The predicted octanol–water partition coefficient (Wildman–Crippen LogP) is 4.15. The van der Waals surface area contributed by atoms with E-state index in [1.54, 1.807) is 26.0 Å². The van der Waals surface area contributed by atoms with Crippen molar-refractivity contribution < 1.29 is 18.4 Å². The number of nitrogens with zero attached hydrogens (tertiary/aromatic N) is 2. The molecule has 0 saturated carbocycles. The number of halogens is 2. The lowest BCUT2D eigenvalue weighted by molar-refractivity contribution is -0.121. The lowest BCUT2D eigenvalue weighted by atomic mass is 9.97. The van der Waals surface area contributed by atoms with Crippen LogP contribution < -0.4 is 15.5 Å². The van der Waals surface area contributed by atoms with Crippen LogP contribution in [0.1, 0.15) is 49.9 Å². The molecule has 36 heavy (non-hydrogen) atoms. The number of hydrogen-bond donors (Lipinski definition) is 2. The maximum atomic E-state index is 14.8. The van der Waals surface area contributed by atoms with Crippen LogP contribution in [0.4, 0.5) is 14.5 Å². The number of amides is 2. The van der Waals surface area contributed by atoms with E-state index in [0.29, 0.717) is 30.1 Å². The van der Waals surface area contributed by atoms with Gasteiger partial charge in [-0.05, 0) is 75.4 Å². The number of benzene rings is 2. The van der Waals surface area contributed by atoms with Gasteiger partial charge < -0.3 is 15.1 Å². The summed E-state index contributed by atoms with van der Waals surface area (Å²) in [7, 11) is 2.05. The summed E-state index contributed by atoms with van der Waals surface area (Å²) >= 11 is 0. The van der Waals surface area contributed by atoms with Crippen LogP contribution >= 0.6 is 0 Å². The normalized spacial score (nSPS) is 19.3. The van der Waals surface area contributed by atoms with E-state index >= 15 is 0 Å². The molecule has 0 aromatic heterocycles. The molecule has 8 heteroatoms. The number of carbonyl (C=O) groups excluding carboxylic acids is 2. The summed E-state index contributed by atoms with van der Waals surface area (Å²) in [4.78, 5) is 29.7. The summed E-state index contributed by atoms with van der Waals surface area (Å²) in [5, 5.41) is 5.41. The van der Waals surface area contributed by atoms with Crippen LogP contribution in [0, 0.1) is 5.82 Å². The second kappa shape index (κ2) is 11.0. The van der Waals surface area contributed by atoms with Crippen molar-refractivity contribution in [2.24, 2.45) is 0 Å². The highest BCUT2D eigenvalue weighted by atomic mass is 19.1. The number of anilines is 1. The molecule has 2 amide bonds. The molecule has 2 N–H and O–H groups in total. The average Bonchev–Trinajstić information content (AvgIpc) is 3.38. The molecule has 0 radical (unpaired) electrons. The number of nitrogens with one attached hydrogen (secondary N) is 2. The fraction of sp³-hybridized carbons (Fsp3) is 0.500. The van der Waals surface area contributed by atoms with Gasteiger partial charge in [0.05, 0.1) is 11.6 Å². The molecule has 4 rings (SSSR count). The zero-order valence-electron chi connectivity index (χ0n) is 21.3. The van der Waals surface area contributed by atoms with Gasteiger partial charge in [-0.2, -0.15) is 0 Å². The van der Waals surface area contributed by atoms with Crippen molar-refractivity contribution in [3.63, 3.8) is 0 Å². The van der Waals surface area contributed by atoms with Crippen LogP contribution in [-0.4, -0.2) is 67.7 Å². The van der Waals surface area contributed by atoms with Gasteiger partial charge in [0.1, 0.15) is 11.5 Å². The molecule has 2 aromatic carbocycles. The van der Waals surface area contributed by atoms with Crippen LogP contribution in [0.3, 0.4) is 0 Å². The fourth-order valence-electron chi connectivity index (χ4n) is 5.25. The smallest absolute Gasteiger partial charge is 0.261 e. The standard InChI is InChI=1S/C28H36F2N4O2/c1-28(2,30)18-34-16-13-21(14-17-34)33(3)20-11-9-19(10-12-20)22-6-4-7-23(29)25(22)27(36)32-26(35)24-8-5-15-31-24/h4,6-7,9-12,21,24,31H,5,8,13-18H2,1-3H3,(H,32,35,36)/t24-/m0/s1. The molecule has 0 aliphatic carbocycles. The molecule has 2 aliphatic rings. The van der Waals surface area contributed by atoms with Gasteiger partial charge in [0.25, 0.3) is 5.91 Å². The van der Waals surface area contributed by atoms with Crippen LogP contribution in [0.5, 0.6) is 0 Å². The van der Waals surface area contributed by atoms with E-state index in [9.17, 15) is 18.4 Å². The molecule has 2 aromatic rings. The van der Waals surface area contributed by atoms with Crippen molar-refractivity contribution >= 4 is 17.5 Å². The Kier molecular flexibility index (Phi) is 8.05. The summed E-state index contributed by atoms with van der Waals surface area (Å²) in [5.74, 6) is -1.82. The number of likely N-dealkylation sites (tertiary alicyclic amines) is 1. The maximum Gasteiger partial charge on any atom is 0.261 e. The molecular weight excluding hydrogens is 462 g/mol. The van der Waals surface area contributed by atoms with E-state index < -0.39 is 29.3 Å². The third-order valence-electron chi connectivity index (χ3n) is 7.14. The second-order valence-electron chi connectivity index (χ2n) is 10.5. The van der Waals surface area contributed by atoms with Gasteiger partial charge in [-0.25, -0.2) is 8.78 Å². The molecule has 2 fully saturated rings.